The molecular formula is C16H32ClNO. The lowest BCUT2D eigenvalue weighted by molar-refractivity contribution is 0.0631. The summed E-state index contributed by atoms with van der Waals surface area (Å²) in [5.74, 6) is 2.51. The molecule has 1 rings (SSSR count). The van der Waals surface area contributed by atoms with E-state index in [9.17, 15) is 0 Å². The van der Waals surface area contributed by atoms with Gasteiger partial charge in [-0.25, -0.2) is 0 Å². The standard InChI is InChI=1S/C16H32ClNO/c1-2-5-16(7-10-17)14-18-11-4-3-6-15-8-12-19-13-9-15/h15-16,18H,2-14H2,1H3. The van der Waals surface area contributed by atoms with E-state index >= 15 is 0 Å². The third-order valence-electron chi connectivity index (χ3n) is 4.20. The topological polar surface area (TPSA) is 21.3 Å². The Morgan fingerprint density at radius 3 is 2.68 bits per heavy atom. The molecule has 1 N–H and O–H groups in total. The van der Waals surface area contributed by atoms with Crippen LogP contribution in [-0.4, -0.2) is 32.2 Å². The fourth-order valence-electron chi connectivity index (χ4n) is 2.94. The molecule has 114 valence electrons. The number of unbranched alkanes of at least 4 members (excludes halogenated alkanes) is 1. The molecule has 1 aliphatic heterocycles. The third-order valence-corrected chi connectivity index (χ3v) is 4.42. The zero-order valence-electron chi connectivity index (χ0n) is 12.6. The van der Waals surface area contributed by atoms with Gasteiger partial charge in [0.05, 0.1) is 0 Å². The Hall–Kier alpha value is 0.210. The summed E-state index contributed by atoms with van der Waals surface area (Å²) in [6.45, 7) is 6.55. The summed E-state index contributed by atoms with van der Waals surface area (Å²) < 4.78 is 5.39. The summed E-state index contributed by atoms with van der Waals surface area (Å²) in [4.78, 5) is 0. The first-order valence-electron chi connectivity index (χ1n) is 8.21. The minimum atomic E-state index is 0.776. The van der Waals surface area contributed by atoms with Crippen molar-refractivity contribution >= 4 is 11.6 Å². The molecule has 19 heavy (non-hydrogen) atoms. The van der Waals surface area contributed by atoms with Crippen molar-refractivity contribution in [3.63, 3.8) is 0 Å². The largest absolute Gasteiger partial charge is 0.381 e. The molecule has 1 saturated heterocycles. The Morgan fingerprint density at radius 2 is 2.00 bits per heavy atom. The molecule has 0 aromatic rings. The monoisotopic (exact) mass is 289 g/mol. The first-order chi connectivity index (χ1) is 9.36. The summed E-state index contributed by atoms with van der Waals surface area (Å²) >= 11 is 5.84. The van der Waals surface area contributed by atoms with Gasteiger partial charge in [0.2, 0.25) is 0 Å². The lowest BCUT2D eigenvalue weighted by Crippen LogP contribution is -2.24. The molecule has 0 spiro atoms. The molecule has 0 amide bonds. The Kier molecular flexibility index (Phi) is 10.9. The number of rotatable bonds is 11. The lowest BCUT2D eigenvalue weighted by atomic mass is 9.94. The summed E-state index contributed by atoms with van der Waals surface area (Å²) in [7, 11) is 0. The first kappa shape index (κ1) is 17.3. The quantitative estimate of drug-likeness (QED) is 0.454. The van der Waals surface area contributed by atoms with Crippen LogP contribution in [0.3, 0.4) is 0 Å². The number of ether oxygens (including phenoxy) is 1. The minimum Gasteiger partial charge on any atom is -0.381 e. The Labute approximate surface area is 124 Å². The molecular weight excluding hydrogens is 258 g/mol. The maximum Gasteiger partial charge on any atom is 0.0468 e. The molecule has 1 heterocycles. The molecule has 3 heteroatoms. The Morgan fingerprint density at radius 1 is 1.21 bits per heavy atom. The van der Waals surface area contributed by atoms with E-state index in [1.165, 1.54) is 51.5 Å². The fourth-order valence-corrected chi connectivity index (χ4v) is 3.24. The number of alkyl halides is 1. The maximum atomic E-state index is 5.84. The van der Waals surface area contributed by atoms with Crippen LogP contribution in [0.4, 0.5) is 0 Å². The highest BCUT2D eigenvalue weighted by Gasteiger charge is 2.12. The number of hydrogen-bond donors (Lipinski definition) is 1. The molecule has 1 fully saturated rings. The SMILES string of the molecule is CCCC(CCCl)CNCCCCC1CCOCC1. The van der Waals surface area contributed by atoms with Gasteiger partial charge in [-0.2, -0.15) is 0 Å². The third kappa shape index (κ3) is 8.88. The van der Waals surface area contributed by atoms with E-state index in [1.54, 1.807) is 0 Å². The summed E-state index contributed by atoms with van der Waals surface area (Å²) in [5, 5.41) is 3.61. The van der Waals surface area contributed by atoms with Crippen molar-refractivity contribution in [3.05, 3.63) is 0 Å². The van der Waals surface area contributed by atoms with Crippen molar-refractivity contribution < 1.29 is 4.74 Å². The number of nitrogens with one attached hydrogen (secondary N) is 1. The van der Waals surface area contributed by atoms with E-state index in [-0.39, 0.29) is 0 Å². The van der Waals surface area contributed by atoms with Gasteiger partial charge in [-0.3, -0.25) is 0 Å². The molecule has 2 nitrogen and oxygen atoms in total. The summed E-state index contributed by atoms with van der Waals surface area (Å²) in [5.41, 5.74) is 0. The van der Waals surface area contributed by atoms with Gasteiger partial charge < -0.3 is 10.1 Å². The smallest absolute Gasteiger partial charge is 0.0468 e. The van der Waals surface area contributed by atoms with E-state index in [0.29, 0.717) is 0 Å². The number of hydrogen-bond acceptors (Lipinski definition) is 2. The van der Waals surface area contributed by atoms with Gasteiger partial charge in [0.15, 0.2) is 0 Å². The van der Waals surface area contributed by atoms with Crippen LogP contribution in [0, 0.1) is 11.8 Å². The van der Waals surface area contributed by atoms with Crippen LogP contribution in [0.1, 0.15) is 58.3 Å². The van der Waals surface area contributed by atoms with Crippen LogP contribution in [0.15, 0.2) is 0 Å². The first-order valence-corrected chi connectivity index (χ1v) is 8.74. The van der Waals surface area contributed by atoms with Gasteiger partial charge in [-0.05, 0) is 57.0 Å². The van der Waals surface area contributed by atoms with Crippen molar-refractivity contribution in [1.29, 1.82) is 0 Å². The van der Waals surface area contributed by atoms with Crippen LogP contribution < -0.4 is 5.32 Å². The van der Waals surface area contributed by atoms with Gasteiger partial charge in [0.1, 0.15) is 0 Å². The van der Waals surface area contributed by atoms with Gasteiger partial charge in [0, 0.05) is 19.1 Å². The molecule has 0 aromatic carbocycles. The molecule has 0 radical (unpaired) electrons. The summed E-state index contributed by atoms with van der Waals surface area (Å²) in [6, 6.07) is 0. The maximum absolute atomic E-state index is 5.84. The van der Waals surface area contributed by atoms with E-state index in [4.69, 9.17) is 16.3 Å². The highest BCUT2D eigenvalue weighted by Crippen LogP contribution is 2.20. The van der Waals surface area contributed by atoms with Crippen LogP contribution in [0.25, 0.3) is 0 Å². The second-order valence-corrected chi connectivity index (χ2v) is 6.27. The number of halogens is 1. The normalized spacial score (nSPS) is 18.6. The Bertz CT molecular complexity index is 189. The van der Waals surface area contributed by atoms with Crippen molar-refractivity contribution in [2.24, 2.45) is 11.8 Å². The van der Waals surface area contributed by atoms with E-state index in [1.807, 2.05) is 0 Å². The highest BCUT2D eigenvalue weighted by atomic mass is 35.5. The predicted molar refractivity (Wildman–Crippen MR) is 84.0 cm³/mol. The summed E-state index contributed by atoms with van der Waals surface area (Å²) in [6.07, 6.45) is 10.4. The fraction of sp³-hybridized carbons (Fsp3) is 1.00. The van der Waals surface area contributed by atoms with Gasteiger partial charge >= 0.3 is 0 Å². The van der Waals surface area contributed by atoms with Gasteiger partial charge in [-0.15, -0.1) is 11.6 Å². The Balaban J connectivity index is 1.91. The molecule has 0 saturated carbocycles. The van der Waals surface area contributed by atoms with E-state index < -0.39 is 0 Å². The zero-order chi connectivity index (χ0) is 13.8. The average Bonchev–Trinajstić information content (AvgIpc) is 2.44. The van der Waals surface area contributed by atoms with Crippen molar-refractivity contribution in [2.75, 3.05) is 32.2 Å². The molecule has 1 atom stereocenters. The van der Waals surface area contributed by atoms with Gasteiger partial charge in [-0.1, -0.05) is 26.2 Å². The minimum absolute atomic E-state index is 0.776. The van der Waals surface area contributed by atoms with Gasteiger partial charge in [0.25, 0.3) is 0 Å². The predicted octanol–water partition coefficient (Wildman–Crippen LogP) is 4.22. The molecule has 0 bridgehead atoms. The van der Waals surface area contributed by atoms with Crippen LogP contribution in [-0.2, 0) is 4.74 Å². The van der Waals surface area contributed by atoms with Crippen LogP contribution in [0.5, 0.6) is 0 Å². The van der Waals surface area contributed by atoms with Crippen molar-refractivity contribution in [2.45, 2.75) is 58.3 Å². The molecule has 0 aromatic heterocycles. The van der Waals surface area contributed by atoms with E-state index in [2.05, 4.69) is 12.2 Å². The molecule has 1 unspecified atom stereocenters. The second kappa shape index (κ2) is 12.0. The molecule has 1 aliphatic rings. The average molecular weight is 290 g/mol. The van der Waals surface area contributed by atoms with Crippen molar-refractivity contribution in [3.8, 4) is 0 Å². The lowest BCUT2D eigenvalue weighted by Gasteiger charge is -2.21. The van der Waals surface area contributed by atoms with E-state index in [0.717, 1.165) is 43.9 Å². The van der Waals surface area contributed by atoms with Crippen LogP contribution in [0.2, 0.25) is 0 Å². The van der Waals surface area contributed by atoms with Crippen LogP contribution >= 0.6 is 11.6 Å². The molecule has 0 aliphatic carbocycles. The second-order valence-electron chi connectivity index (χ2n) is 5.89. The zero-order valence-corrected chi connectivity index (χ0v) is 13.4. The highest BCUT2D eigenvalue weighted by molar-refractivity contribution is 6.17. The van der Waals surface area contributed by atoms with Crippen molar-refractivity contribution in [1.82, 2.24) is 5.32 Å².